The standard InChI is InChI=1S/C24H24N2O4S/c1-3-17(2)19-9-11-20(12-10-19)29-16-23(27)26-25-15-18-6-4-7-21(14-18)30-24(28)22-8-5-13-31-22/h4-15,17H,3,16H2,1-2H3,(H,26,27)/b25-15-/t17-/m1/s1. The average Bonchev–Trinajstić information content (AvgIpc) is 3.33. The lowest BCUT2D eigenvalue weighted by atomic mass is 9.99. The first-order chi connectivity index (χ1) is 15.0. The van der Waals surface area contributed by atoms with Crippen LogP contribution < -0.4 is 14.9 Å². The van der Waals surface area contributed by atoms with E-state index in [-0.39, 0.29) is 12.5 Å². The summed E-state index contributed by atoms with van der Waals surface area (Å²) in [4.78, 5) is 24.5. The predicted octanol–water partition coefficient (Wildman–Crippen LogP) is 5.01. The van der Waals surface area contributed by atoms with E-state index in [9.17, 15) is 9.59 Å². The predicted molar refractivity (Wildman–Crippen MR) is 122 cm³/mol. The van der Waals surface area contributed by atoms with Gasteiger partial charge in [0, 0.05) is 0 Å². The number of hydrogen-bond donors (Lipinski definition) is 1. The molecule has 1 N–H and O–H groups in total. The molecule has 6 nitrogen and oxygen atoms in total. The van der Waals surface area contributed by atoms with Crippen LogP contribution in [0.4, 0.5) is 0 Å². The SMILES string of the molecule is CC[C@@H](C)c1ccc(OCC(=O)N/N=C\c2cccc(OC(=O)c3cccs3)c2)cc1. The van der Waals surface area contributed by atoms with Crippen molar-refractivity contribution in [3.8, 4) is 11.5 Å². The number of ether oxygens (including phenoxy) is 2. The maximum atomic E-state index is 12.0. The number of benzene rings is 2. The number of thiophene rings is 1. The van der Waals surface area contributed by atoms with Gasteiger partial charge in [0.2, 0.25) is 0 Å². The third-order valence-corrected chi connectivity index (χ3v) is 5.48. The minimum atomic E-state index is -0.410. The van der Waals surface area contributed by atoms with Crippen molar-refractivity contribution in [2.45, 2.75) is 26.2 Å². The molecule has 3 aromatic rings. The van der Waals surface area contributed by atoms with Gasteiger partial charge in [-0.25, -0.2) is 10.2 Å². The molecule has 1 atom stereocenters. The lowest BCUT2D eigenvalue weighted by molar-refractivity contribution is -0.123. The molecule has 0 aliphatic heterocycles. The first-order valence-electron chi connectivity index (χ1n) is 9.95. The van der Waals surface area contributed by atoms with Gasteiger partial charge >= 0.3 is 5.97 Å². The smallest absolute Gasteiger partial charge is 0.353 e. The number of hydrogen-bond acceptors (Lipinski definition) is 6. The molecule has 1 amide bonds. The Morgan fingerprint density at radius 3 is 2.61 bits per heavy atom. The number of carbonyl (C=O) groups is 2. The Hall–Kier alpha value is -3.45. The largest absolute Gasteiger partial charge is 0.484 e. The summed E-state index contributed by atoms with van der Waals surface area (Å²) >= 11 is 1.32. The van der Waals surface area contributed by atoms with Gasteiger partial charge in [-0.2, -0.15) is 5.10 Å². The molecule has 0 aliphatic rings. The summed E-state index contributed by atoms with van der Waals surface area (Å²) in [6.45, 7) is 4.18. The van der Waals surface area contributed by atoms with E-state index < -0.39 is 5.97 Å². The fraction of sp³-hybridized carbons (Fsp3) is 0.208. The van der Waals surface area contributed by atoms with E-state index in [1.54, 1.807) is 36.4 Å². The molecular weight excluding hydrogens is 412 g/mol. The van der Waals surface area contributed by atoms with Crippen LogP contribution in [0, 0.1) is 0 Å². The molecule has 0 spiro atoms. The molecule has 2 aromatic carbocycles. The highest BCUT2D eigenvalue weighted by molar-refractivity contribution is 7.12. The second-order valence-electron chi connectivity index (χ2n) is 6.90. The van der Waals surface area contributed by atoms with E-state index in [0.29, 0.717) is 27.9 Å². The summed E-state index contributed by atoms with van der Waals surface area (Å²) in [5, 5.41) is 5.74. The van der Waals surface area contributed by atoms with Crippen LogP contribution in [0.1, 0.15) is 47.0 Å². The van der Waals surface area contributed by atoms with Crippen molar-refractivity contribution in [3.63, 3.8) is 0 Å². The summed E-state index contributed by atoms with van der Waals surface area (Å²) in [6, 6.07) is 18.1. The Morgan fingerprint density at radius 2 is 1.90 bits per heavy atom. The number of nitrogens with zero attached hydrogens (tertiary/aromatic N) is 1. The van der Waals surface area contributed by atoms with Crippen LogP contribution in [0.2, 0.25) is 0 Å². The van der Waals surface area contributed by atoms with Crippen molar-refractivity contribution in [1.29, 1.82) is 0 Å². The summed E-state index contributed by atoms with van der Waals surface area (Å²) in [6.07, 6.45) is 2.54. The molecule has 0 bridgehead atoms. The number of amides is 1. The summed E-state index contributed by atoms with van der Waals surface area (Å²) in [7, 11) is 0. The summed E-state index contributed by atoms with van der Waals surface area (Å²) < 4.78 is 10.8. The van der Waals surface area contributed by atoms with Crippen LogP contribution >= 0.6 is 11.3 Å². The van der Waals surface area contributed by atoms with Crippen molar-refractivity contribution in [1.82, 2.24) is 5.43 Å². The minimum Gasteiger partial charge on any atom is -0.484 e. The Bertz CT molecular complexity index is 1030. The van der Waals surface area contributed by atoms with Crippen molar-refractivity contribution in [2.75, 3.05) is 6.61 Å². The van der Waals surface area contributed by atoms with E-state index in [4.69, 9.17) is 9.47 Å². The Morgan fingerprint density at radius 1 is 1.10 bits per heavy atom. The van der Waals surface area contributed by atoms with Gasteiger partial charge in [0.1, 0.15) is 16.4 Å². The zero-order valence-corrected chi connectivity index (χ0v) is 18.2. The minimum absolute atomic E-state index is 0.140. The van der Waals surface area contributed by atoms with E-state index in [1.165, 1.54) is 23.1 Å². The second kappa shape index (κ2) is 11.1. The molecular formula is C24H24N2O4S. The van der Waals surface area contributed by atoms with Crippen LogP contribution in [0.25, 0.3) is 0 Å². The topological polar surface area (TPSA) is 77.0 Å². The normalized spacial score (nSPS) is 11.8. The molecule has 3 rings (SSSR count). The molecule has 7 heteroatoms. The quantitative estimate of drug-likeness (QED) is 0.221. The number of carbonyl (C=O) groups excluding carboxylic acids is 2. The molecule has 160 valence electrons. The highest BCUT2D eigenvalue weighted by atomic mass is 32.1. The molecule has 0 fully saturated rings. The Balaban J connectivity index is 1.46. The first kappa shape index (κ1) is 22.2. The zero-order chi connectivity index (χ0) is 22.1. The molecule has 0 aliphatic carbocycles. The van der Waals surface area contributed by atoms with E-state index >= 15 is 0 Å². The van der Waals surface area contributed by atoms with Gasteiger partial charge in [-0.05, 0) is 59.2 Å². The number of hydrazone groups is 1. The van der Waals surface area contributed by atoms with Gasteiger partial charge in [-0.3, -0.25) is 4.79 Å². The zero-order valence-electron chi connectivity index (χ0n) is 17.4. The highest BCUT2D eigenvalue weighted by Gasteiger charge is 2.09. The average molecular weight is 437 g/mol. The van der Waals surface area contributed by atoms with Gasteiger partial charge in [0.25, 0.3) is 5.91 Å². The van der Waals surface area contributed by atoms with Gasteiger partial charge in [0.05, 0.1) is 6.21 Å². The van der Waals surface area contributed by atoms with E-state index in [2.05, 4.69) is 24.4 Å². The maximum absolute atomic E-state index is 12.0. The van der Waals surface area contributed by atoms with Crippen LogP contribution in [0.5, 0.6) is 11.5 Å². The summed E-state index contributed by atoms with van der Waals surface area (Å²) in [5.74, 6) is 0.739. The van der Waals surface area contributed by atoms with Crippen LogP contribution in [-0.4, -0.2) is 24.7 Å². The van der Waals surface area contributed by atoms with E-state index in [0.717, 1.165) is 6.42 Å². The molecule has 0 unspecified atom stereocenters. The van der Waals surface area contributed by atoms with Crippen LogP contribution in [0.15, 0.2) is 71.1 Å². The highest BCUT2D eigenvalue weighted by Crippen LogP contribution is 2.21. The van der Waals surface area contributed by atoms with Gasteiger partial charge in [-0.15, -0.1) is 11.3 Å². The van der Waals surface area contributed by atoms with Crippen molar-refractivity contribution < 1.29 is 19.1 Å². The van der Waals surface area contributed by atoms with Crippen LogP contribution in [-0.2, 0) is 4.79 Å². The molecule has 1 aromatic heterocycles. The molecule has 0 saturated carbocycles. The Labute approximate surface area is 185 Å². The van der Waals surface area contributed by atoms with Gasteiger partial charge < -0.3 is 9.47 Å². The first-order valence-corrected chi connectivity index (χ1v) is 10.8. The lowest BCUT2D eigenvalue weighted by Gasteiger charge is -2.10. The third-order valence-electron chi connectivity index (χ3n) is 4.63. The van der Waals surface area contributed by atoms with Crippen LogP contribution in [0.3, 0.4) is 0 Å². The lowest BCUT2D eigenvalue weighted by Crippen LogP contribution is -2.24. The third kappa shape index (κ3) is 6.79. The fourth-order valence-electron chi connectivity index (χ4n) is 2.70. The van der Waals surface area contributed by atoms with E-state index in [1.807, 2.05) is 29.6 Å². The Kier molecular flexibility index (Phi) is 7.95. The monoisotopic (exact) mass is 436 g/mol. The maximum Gasteiger partial charge on any atom is 0.353 e. The van der Waals surface area contributed by atoms with Gasteiger partial charge in [0.15, 0.2) is 6.61 Å². The number of nitrogens with one attached hydrogen (secondary N) is 1. The molecule has 0 saturated heterocycles. The van der Waals surface area contributed by atoms with Crippen molar-refractivity contribution >= 4 is 29.4 Å². The second-order valence-corrected chi connectivity index (χ2v) is 7.85. The molecule has 31 heavy (non-hydrogen) atoms. The summed E-state index contributed by atoms with van der Waals surface area (Å²) in [5.41, 5.74) is 4.34. The van der Waals surface area contributed by atoms with Crippen molar-refractivity contribution in [3.05, 3.63) is 82.0 Å². The fourth-order valence-corrected chi connectivity index (χ4v) is 3.30. The number of rotatable bonds is 9. The number of esters is 1. The molecule has 1 heterocycles. The molecule has 0 radical (unpaired) electrons. The van der Waals surface area contributed by atoms with Gasteiger partial charge in [-0.1, -0.05) is 44.2 Å². The van der Waals surface area contributed by atoms with Crippen molar-refractivity contribution in [2.24, 2.45) is 5.10 Å².